The van der Waals surface area contributed by atoms with Crippen LogP contribution in [-0.2, 0) is 6.54 Å². The van der Waals surface area contributed by atoms with Crippen LogP contribution in [0.5, 0.6) is 0 Å². The zero-order valence-electron chi connectivity index (χ0n) is 21.6. The summed E-state index contributed by atoms with van der Waals surface area (Å²) in [6.45, 7) is 1.59. The average molecular weight is 531 g/mol. The molecule has 2 heterocycles. The maximum Gasteiger partial charge on any atom is 0.409 e. The first-order chi connectivity index (χ1) is 18.8. The van der Waals surface area contributed by atoms with Crippen molar-refractivity contribution in [3.8, 4) is 0 Å². The molecule has 0 spiro atoms. The number of hydrogen-bond donors (Lipinski definition) is 5. The molecule has 4 aromatic rings. The molecule has 0 saturated carbocycles. The first-order valence-corrected chi connectivity index (χ1v) is 12.3. The van der Waals surface area contributed by atoms with E-state index in [4.69, 9.17) is 5.11 Å². The number of imidazole rings is 1. The number of carboxylic acid groups (broad SMARTS) is 1. The number of carbonyl (C=O) groups is 3. The van der Waals surface area contributed by atoms with Gasteiger partial charge in [0.05, 0.1) is 22.4 Å². The lowest BCUT2D eigenvalue weighted by atomic mass is 10.2. The van der Waals surface area contributed by atoms with Gasteiger partial charge in [-0.05, 0) is 63.0 Å². The highest BCUT2D eigenvalue weighted by atomic mass is 16.4. The summed E-state index contributed by atoms with van der Waals surface area (Å²) in [5.41, 5.74) is 3.03. The highest BCUT2D eigenvalue weighted by Gasteiger charge is 2.17. The van der Waals surface area contributed by atoms with Crippen molar-refractivity contribution in [2.24, 2.45) is 0 Å². The van der Waals surface area contributed by atoms with Gasteiger partial charge in [-0.2, -0.15) is 0 Å². The Morgan fingerprint density at radius 1 is 0.897 bits per heavy atom. The standard InChI is InChI=1S/C27H30N8O4/c1-34(2)14-7-15-35(26(37)33-25-30-20-9-4-5-10-21(20)31-25)17-18-12-13-23(28-16-18)24(36)29-19-8-3-6-11-22(19)32-27(38)39/h3-6,8-13,16,32H,7,14-15,17H2,1-2H3,(H,29,36)(H,38,39)(H2,30,31,33,37). The van der Waals surface area contributed by atoms with Crippen molar-refractivity contribution in [3.63, 3.8) is 0 Å². The molecule has 12 heteroatoms. The Morgan fingerprint density at radius 3 is 2.28 bits per heavy atom. The average Bonchev–Trinajstić information content (AvgIpc) is 3.31. The van der Waals surface area contributed by atoms with Crippen LogP contribution in [0.25, 0.3) is 11.0 Å². The molecule has 0 aliphatic rings. The lowest BCUT2D eigenvalue weighted by Gasteiger charge is -2.23. The number of fused-ring (bicyclic) bond motifs is 1. The zero-order chi connectivity index (χ0) is 27.8. The molecule has 5 N–H and O–H groups in total. The number of benzene rings is 2. The number of nitrogens with one attached hydrogen (secondary N) is 4. The van der Waals surface area contributed by atoms with Crippen LogP contribution in [0.2, 0.25) is 0 Å². The number of nitrogens with zero attached hydrogens (tertiary/aromatic N) is 4. The predicted molar refractivity (Wildman–Crippen MR) is 149 cm³/mol. The third-order valence-electron chi connectivity index (χ3n) is 5.78. The van der Waals surface area contributed by atoms with E-state index in [-0.39, 0.29) is 24.0 Å². The van der Waals surface area contributed by atoms with Gasteiger partial charge in [0.25, 0.3) is 5.91 Å². The summed E-state index contributed by atoms with van der Waals surface area (Å²) in [6.07, 6.45) is 1.07. The number of pyridine rings is 1. The highest BCUT2D eigenvalue weighted by molar-refractivity contribution is 6.05. The molecule has 4 rings (SSSR count). The molecule has 0 fully saturated rings. The van der Waals surface area contributed by atoms with Gasteiger partial charge in [0, 0.05) is 19.3 Å². The van der Waals surface area contributed by atoms with Crippen LogP contribution in [0, 0.1) is 0 Å². The molecule has 0 aliphatic carbocycles. The van der Waals surface area contributed by atoms with Crippen LogP contribution < -0.4 is 16.0 Å². The first-order valence-electron chi connectivity index (χ1n) is 12.3. The number of carbonyl (C=O) groups excluding carboxylic acids is 2. The number of anilines is 3. The van der Waals surface area contributed by atoms with Crippen molar-refractivity contribution in [2.75, 3.05) is 43.1 Å². The van der Waals surface area contributed by atoms with Gasteiger partial charge in [-0.3, -0.25) is 20.4 Å². The van der Waals surface area contributed by atoms with Crippen LogP contribution in [-0.4, -0.2) is 75.1 Å². The summed E-state index contributed by atoms with van der Waals surface area (Å²) < 4.78 is 0. The molecule has 0 aliphatic heterocycles. The lowest BCUT2D eigenvalue weighted by Crippen LogP contribution is -2.36. The number of hydrogen-bond acceptors (Lipinski definition) is 6. The number of amides is 4. The summed E-state index contributed by atoms with van der Waals surface area (Å²) in [5, 5.41) is 16.8. The number of urea groups is 1. The van der Waals surface area contributed by atoms with Crippen molar-refractivity contribution in [1.82, 2.24) is 24.8 Å². The molecule has 202 valence electrons. The van der Waals surface area contributed by atoms with E-state index in [1.165, 1.54) is 0 Å². The van der Waals surface area contributed by atoms with Crippen LogP contribution in [0.4, 0.5) is 26.9 Å². The molecule has 0 radical (unpaired) electrons. The van der Waals surface area contributed by atoms with E-state index in [1.54, 1.807) is 47.5 Å². The number of para-hydroxylation sites is 4. The Kier molecular flexibility index (Phi) is 8.69. The first kappa shape index (κ1) is 27.1. The second-order valence-electron chi connectivity index (χ2n) is 9.09. The van der Waals surface area contributed by atoms with E-state index >= 15 is 0 Å². The van der Waals surface area contributed by atoms with E-state index in [2.05, 4.69) is 35.8 Å². The molecule has 0 saturated heterocycles. The zero-order valence-corrected chi connectivity index (χ0v) is 21.6. The van der Waals surface area contributed by atoms with E-state index in [9.17, 15) is 14.4 Å². The summed E-state index contributed by atoms with van der Waals surface area (Å²) in [7, 11) is 3.95. The predicted octanol–water partition coefficient (Wildman–Crippen LogP) is 4.29. The van der Waals surface area contributed by atoms with Crippen molar-refractivity contribution in [1.29, 1.82) is 0 Å². The molecular weight excluding hydrogens is 500 g/mol. The number of rotatable bonds is 10. The van der Waals surface area contributed by atoms with Crippen LogP contribution >= 0.6 is 0 Å². The smallest absolute Gasteiger partial charge is 0.409 e. The molecule has 0 unspecified atom stereocenters. The van der Waals surface area contributed by atoms with Gasteiger partial charge in [0.15, 0.2) is 0 Å². The molecule has 0 atom stereocenters. The van der Waals surface area contributed by atoms with Gasteiger partial charge in [-0.15, -0.1) is 0 Å². The van der Waals surface area contributed by atoms with Gasteiger partial charge < -0.3 is 25.2 Å². The van der Waals surface area contributed by atoms with Gasteiger partial charge in [0.1, 0.15) is 5.69 Å². The van der Waals surface area contributed by atoms with Crippen LogP contribution in [0.1, 0.15) is 22.5 Å². The lowest BCUT2D eigenvalue weighted by molar-refractivity contribution is 0.102. The van der Waals surface area contributed by atoms with Gasteiger partial charge in [0.2, 0.25) is 5.95 Å². The molecule has 12 nitrogen and oxygen atoms in total. The minimum absolute atomic E-state index is 0.148. The summed E-state index contributed by atoms with van der Waals surface area (Å²) in [6, 6.07) is 17.0. The summed E-state index contributed by atoms with van der Waals surface area (Å²) in [5.74, 6) is -0.131. The highest BCUT2D eigenvalue weighted by Crippen LogP contribution is 2.21. The Hall–Kier alpha value is -4.97. The largest absolute Gasteiger partial charge is 0.465 e. The van der Waals surface area contributed by atoms with Crippen molar-refractivity contribution >= 4 is 46.4 Å². The third-order valence-corrected chi connectivity index (χ3v) is 5.78. The molecular formula is C27H30N8O4. The summed E-state index contributed by atoms with van der Waals surface area (Å²) in [4.78, 5) is 52.4. The fourth-order valence-corrected chi connectivity index (χ4v) is 3.90. The Balaban J connectivity index is 1.43. The number of aromatic amines is 1. The Labute approximate surface area is 225 Å². The molecule has 4 amide bonds. The minimum Gasteiger partial charge on any atom is -0.465 e. The van der Waals surface area contributed by atoms with Gasteiger partial charge in [-0.25, -0.2) is 14.6 Å². The minimum atomic E-state index is -1.24. The quantitative estimate of drug-likeness (QED) is 0.205. The third kappa shape index (κ3) is 7.52. The normalized spacial score (nSPS) is 10.8. The van der Waals surface area contributed by atoms with Crippen molar-refractivity contribution in [2.45, 2.75) is 13.0 Å². The van der Waals surface area contributed by atoms with Crippen molar-refractivity contribution < 1.29 is 19.5 Å². The van der Waals surface area contributed by atoms with Crippen molar-refractivity contribution in [3.05, 3.63) is 78.1 Å². The molecule has 0 bridgehead atoms. The summed E-state index contributed by atoms with van der Waals surface area (Å²) >= 11 is 0. The Morgan fingerprint density at radius 2 is 1.62 bits per heavy atom. The van der Waals surface area contributed by atoms with E-state index in [1.807, 2.05) is 38.4 Å². The molecule has 2 aromatic carbocycles. The van der Waals surface area contributed by atoms with Crippen LogP contribution in [0.15, 0.2) is 66.9 Å². The van der Waals surface area contributed by atoms with Crippen LogP contribution in [0.3, 0.4) is 0 Å². The fourth-order valence-electron chi connectivity index (χ4n) is 3.90. The van der Waals surface area contributed by atoms with Gasteiger partial charge >= 0.3 is 12.1 Å². The number of aromatic nitrogens is 3. The Bertz CT molecular complexity index is 1420. The SMILES string of the molecule is CN(C)CCCN(Cc1ccc(C(=O)Nc2ccccc2NC(=O)O)nc1)C(=O)Nc1nc2ccccc2[nH]1. The topological polar surface area (TPSA) is 156 Å². The van der Waals surface area contributed by atoms with E-state index in [0.29, 0.717) is 18.2 Å². The van der Waals surface area contributed by atoms with E-state index in [0.717, 1.165) is 29.6 Å². The second-order valence-corrected chi connectivity index (χ2v) is 9.09. The van der Waals surface area contributed by atoms with E-state index < -0.39 is 12.0 Å². The fraction of sp³-hybridized carbons (Fsp3) is 0.222. The molecule has 2 aromatic heterocycles. The monoisotopic (exact) mass is 530 g/mol. The molecule has 39 heavy (non-hydrogen) atoms. The maximum absolute atomic E-state index is 13.2. The maximum atomic E-state index is 13.2. The van der Waals surface area contributed by atoms with Gasteiger partial charge in [-0.1, -0.05) is 30.3 Å². The second kappa shape index (κ2) is 12.5. The number of H-pyrrole nitrogens is 1.